The van der Waals surface area contributed by atoms with Crippen molar-refractivity contribution < 1.29 is 4.74 Å². The molecule has 0 aliphatic rings. The van der Waals surface area contributed by atoms with Gasteiger partial charge in [0.2, 0.25) is 0 Å². The predicted molar refractivity (Wildman–Crippen MR) is 88.0 cm³/mol. The van der Waals surface area contributed by atoms with Gasteiger partial charge in [-0.2, -0.15) is 5.10 Å². The van der Waals surface area contributed by atoms with E-state index in [9.17, 15) is 9.59 Å². The van der Waals surface area contributed by atoms with Crippen molar-refractivity contribution in [3.05, 3.63) is 81.0 Å². The van der Waals surface area contributed by atoms with E-state index in [1.54, 1.807) is 0 Å². The fourth-order valence-corrected chi connectivity index (χ4v) is 2.69. The minimum Gasteiger partial charge on any atom is -0.457 e. The number of nitrogens with one attached hydrogen (secondary N) is 2. The van der Waals surface area contributed by atoms with Crippen LogP contribution in [0.3, 0.4) is 0 Å². The van der Waals surface area contributed by atoms with E-state index >= 15 is 0 Å². The van der Waals surface area contributed by atoms with E-state index in [1.807, 2.05) is 54.6 Å². The zero-order valence-corrected chi connectivity index (χ0v) is 12.8. The lowest BCUT2D eigenvalue weighted by molar-refractivity contribution is 0.482. The summed E-state index contributed by atoms with van der Waals surface area (Å²) < 4.78 is 5.77. The van der Waals surface area contributed by atoms with Crippen molar-refractivity contribution in [2.75, 3.05) is 0 Å². The molecule has 116 valence electrons. The molecule has 0 fully saturated rings. The second-order valence-corrected chi connectivity index (χ2v) is 5.63. The normalized spacial score (nSPS) is 10.4. The number of H-pyrrole nitrogens is 2. The van der Waals surface area contributed by atoms with Gasteiger partial charge in [0.15, 0.2) is 5.03 Å². The number of para-hydroxylation sites is 1. The van der Waals surface area contributed by atoms with Crippen LogP contribution < -0.4 is 16.0 Å². The van der Waals surface area contributed by atoms with Gasteiger partial charge in [0, 0.05) is 5.75 Å². The fourth-order valence-electron chi connectivity index (χ4n) is 1.91. The summed E-state index contributed by atoms with van der Waals surface area (Å²) in [5.41, 5.74) is -0.121. The molecule has 0 aliphatic heterocycles. The molecule has 2 N–H and O–H groups in total. The van der Waals surface area contributed by atoms with Gasteiger partial charge in [-0.25, -0.2) is 9.89 Å². The van der Waals surface area contributed by atoms with Crippen molar-refractivity contribution in [3.8, 4) is 11.5 Å². The number of ether oxygens (including phenoxy) is 1. The van der Waals surface area contributed by atoms with Gasteiger partial charge < -0.3 is 4.74 Å². The van der Waals surface area contributed by atoms with Crippen molar-refractivity contribution in [2.45, 2.75) is 10.8 Å². The first kappa shape index (κ1) is 15.1. The number of benzene rings is 2. The Bertz CT molecular complexity index is 906. The SMILES string of the molecule is O=c1[nH]nc(SCc2cccc(Oc3ccccc3)c2)c(=O)[nH]1. The molecule has 0 saturated heterocycles. The molecule has 7 heteroatoms. The zero-order chi connectivity index (χ0) is 16.1. The van der Waals surface area contributed by atoms with Crippen molar-refractivity contribution >= 4 is 11.8 Å². The third-order valence-electron chi connectivity index (χ3n) is 2.93. The summed E-state index contributed by atoms with van der Waals surface area (Å²) in [6.45, 7) is 0. The third kappa shape index (κ3) is 4.10. The second kappa shape index (κ2) is 6.97. The van der Waals surface area contributed by atoms with Crippen LogP contribution >= 0.6 is 11.8 Å². The van der Waals surface area contributed by atoms with Crippen LogP contribution in [0.1, 0.15) is 5.56 Å². The number of nitrogens with zero attached hydrogens (tertiary/aromatic N) is 1. The maximum Gasteiger partial charge on any atom is 0.342 e. The highest BCUT2D eigenvalue weighted by atomic mass is 32.2. The van der Waals surface area contributed by atoms with E-state index in [-0.39, 0.29) is 5.03 Å². The molecule has 0 atom stereocenters. The van der Waals surface area contributed by atoms with Crippen molar-refractivity contribution in [2.24, 2.45) is 0 Å². The van der Waals surface area contributed by atoms with Crippen LogP contribution in [-0.4, -0.2) is 15.2 Å². The summed E-state index contributed by atoms with van der Waals surface area (Å²) in [7, 11) is 0. The first-order valence-corrected chi connectivity index (χ1v) is 7.83. The Morgan fingerprint density at radius 3 is 2.57 bits per heavy atom. The second-order valence-electron chi connectivity index (χ2n) is 4.66. The van der Waals surface area contributed by atoms with Crippen LogP contribution in [0.25, 0.3) is 0 Å². The minimum atomic E-state index is -0.613. The van der Waals surface area contributed by atoms with E-state index in [1.165, 1.54) is 11.8 Å². The number of hydrogen-bond acceptors (Lipinski definition) is 5. The lowest BCUT2D eigenvalue weighted by Crippen LogP contribution is -2.24. The van der Waals surface area contributed by atoms with E-state index in [0.29, 0.717) is 5.75 Å². The van der Waals surface area contributed by atoms with Gasteiger partial charge in [-0.3, -0.25) is 9.78 Å². The van der Waals surface area contributed by atoms with Gasteiger partial charge in [-0.1, -0.05) is 42.1 Å². The highest BCUT2D eigenvalue weighted by molar-refractivity contribution is 7.98. The predicted octanol–water partition coefficient (Wildman–Crippen LogP) is 2.54. The molecule has 6 nitrogen and oxygen atoms in total. The van der Waals surface area contributed by atoms with Crippen LogP contribution in [0, 0.1) is 0 Å². The Labute approximate surface area is 135 Å². The van der Waals surface area contributed by atoms with Gasteiger partial charge in [-0.05, 0) is 29.8 Å². The van der Waals surface area contributed by atoms with Gasteiger partial charge >= 0.3 is 5.69 Å². The third-order valence-corrected chi connectivity index (χ3v) is 3.96. The number of aromatic nitrogens is 3. The van der Waals surface area contributed by atoms with Crippen LogP contribution in [0.4, 0.5) is 0 Å². The molecule has 0 saturated carbocycles. The fraction of sp³-hybridized carbons (Fsp3) is 0.0625. The Hall–Kier alpha value is -2.80. The van der Waals surface area contributed by atoms with Crippen LogP contribution in [-0.2, 0) is 5.75 Å². The zero-order valence-electron chi connectivity index (χ0n) is 12.0. The van der Waals surface area contributed by atoms with Crippen LogP contribution in [0.2, 0.25) is 0 Å². The summed E-state index contributed by atoms with van der Waals surface area (Å²) >= 11 is 1.24. The Morgan fingerprint density at radius 2 is 1.78 bits per heavy atom. The number of rotatable bonds is 5. The average Bonchev–Trinajstić information content (AvgIpc) is 2.55. The molecule has 0 bridgehead atoms. The van der Waals surface area contributed by atoms with E-state index in [2.05, 4.69) is 15.2 Å². The molecule has 0 unspecified atom stereocenters. The molecule has 3 rings (SSSR count). The van der Waals surface area contributed by atoms with E-state index < -0.39 is 11.2 Å². The lowest BCUT2D eigenvalue weighted by atomic mass is 10.2. The number of aromatic amines is 2. The Balaban J connectivity index is 1.70. The summed E-state index contributed by atoms with van der Waals surface area (Å²) in [6, 6.07) is 17.1. The summed E-state index contributed by atoms with van der Waals surface area (Å²) in [4.78, 5) is 24.7. The molecule has 2 aromatic carbocycles. The standard InChI is InChI=1S/C16H13N3O3S/c20-14-15(18-19-16(21)17-14)23-10-11-5-4-8-13(9-11)22-12-6-2-1-3-7-12/h1-9H,10H2,(H2,17,19,20,21). The van der Waals surface area contributed by atoms with Crippen LogP contribution in [0.5, 0.6) is 11.5 Å². The molecule has 0 aliphatic carbocycles. The van der Waals surface area contributed by atoms with Gasteiger partial charge in [-0.15, -0.1) is 0 Å². The highest BCUT2D eigenvalue weighted by Crippen LogP contribution is 2.24. The molecule has 0 radical (unpaired) electrons. The first-order valence-electron chi connectivity index (χ1n) is 6.84. The van der Waals surface area contributed by atoms with E-state index in [4.69, 9.17) is 4.74 Å². The number of thioether (sulfide) groups is 1. The molecule has 1 heterocycles. The number of hydrogen-bond donors (Lipinski definition) is 2. The van der Waals surface area contributed by atoms with Crippen molar-refractivity contribution in [1.29, 1.82) is 0 Å². The lowest BCUT2D eigenvalue weighted by Gasteiger charge is -2.07. The maximum atomic E-state index is 11.6. The molecule has 0 amide bonds. The van der Waals surface area contributed by atoms with Crippen LogP contribution in [0.15, 0.2) is 69.2 Å². The molecule has 23 heavy (non-hydrogen) atoms. The monoisotopic (exact) mass is 327 g/mol. The molecular formula is C16H13N3O3S. The molecule has 0 spiro atoms. The summed E-state index contributed by atoms with van der Waals surface area (Å²) in [5, 5.41) is 6.17. The van der Waals surface area contributed by atoms with Gasteiger partial charge in [0.1, 0.15) is 11.5 Å². The van der Waals surface area contributed by atoms with Crippen molar-refractivity contribution in [1.82, 2.24) is 15.2 Å². The summed E-state index contributed by atoms with van der Waals surface area (Å²) in [6.07, 6.45) is 0. The Morgan fingerprint density at radius 1 is 1.00 bits per heavy atom. The van der Waals surface area contributed by atoms with Crippen molar-refractivity contribution in [3.63, 3.8) is 0 Å². The topological polar surface area (TPSA) is 87.8 Å². The molecule has 1 aromatic heterocycles. The van der Waals surface area contributed by atoms with E-state index in [0.717, 1.165) is 17.1 Å². The first-order chi connectivity index (χ1) is 11.2. The smallest absolute Gasteiger partial charge is 0.342 e. The van der Waals surface area contributed by atoms with Gasteiger partial charge in [0.05, 0.1) is 0 Å². The quantitative estimate of drug-likeness (QED) is 0.703. The molecular weight excluding hydrogens is 314 g/mol. The maximum absolute atomic E-state index is 11.6. The van der Waals surface area contributed by atoms with Gasteiger partial charge in [0.25, 0.3) is 5.56 Å². The minimum absolute atomic E-state index is 0.221. The highest BCUT2D eigenvalue weighted by Gasteiger charge is 2.05. The largest absolute Gasteiger partial charge is 0.457 e. The molecule has 3 aromatic rings. The Kier molecular flexibility index (Phi) is 4.58. The average molecular weight is 327 g/mol. The summed E-state index contributed by atoms with van der Waals surface area (Å²) in [5.74, 6) is 2.02.